The molecule has 1 N–H and O–H groups in total. The molecule has 0 saturated heterocycles. The Bertz CT molecular complexity index is 436. The van der Waals surface area contributed by atoms with Gasteiger partial charge in [0.05, 0.1) is 0 Å². The Hall–Kier alpha value is -1.16. The maximum absolute atomic E-state index is 12.4. The van der Waals surface area contributed by atoms with Crippen LogP contribution in [-0.4, -0.2) is 13.2 Å². The number of nitrogens with one attached hydrogen (secondary N) is 1. The van der Waals surface area contributed by atoms with E-state index in [0.29, 0.717) is 5.92 Å². The molecule has 2 nitrogen and oxygen atoms in total. The molecule has 4 heteroatoms. The normalized spacial score (nSPS) is 22.4. The van der Waals surface area contributed by atoms with Crippen molar-refractivity contribution < 1.29 is 13.5 Å². The summed E-state index contributed by atoms with van der Waals surface area (Å²) in [5.41, 5.74) is 2.38. The Morgan fingerprint density at radius 3 is 2.90 bits per heavy atom. The fraction of sp³-hybridized carbons (Fsp3) is 0.625. The first-order valence-electron chi connectivity index (χ1n) is 7.41. The molecule has 112 valence electrons. The number of rotatable bonds is 5. The number of alkyl halides is 2. The summed E-state index contributed by atoms with van der Waals surface area (Å²) < 4.78 is 29.3. The van der Waals surface area contributed by atoms with Gasteiger partial charge in [0.15, 0.2) is 0 Å². The molecule has 0 heterocycles. The molecule has 1 aliphatic rings. The summed E-state index contributed by atoms with van der Waals surface area (Å²) >= 11 is 0. The first kappa shape index (κ1) is 15.2. The molecule has 0 amide bonds. The summed E-state index contributed by atoms with van der Waals surface area (Å²) in [5.74, 6) is 0.896. The second-order valence-electron chi connectivity index (χ2n) is 5.63. The van der Waals surface area contributed by atoms with E-state index in [1.165, 1.54) is 5.56 Å². The van der Waals surface area contributed by atoms with Crippen molar-refractivity contribution in [3.8, 4) is 5.75 Å². The van der Waals surface area contributed by atoms with Crippen LogP contribution in [-0.2, 0) is 6.42 Å². The average Bonchev–Trinajstić information content (AvgIpc) is 2.55. The predicted octanol–water partition coefficient (Wildman–Crippen LogP) is 4.30. The van der Waals surface area contributed by atoms with Crippen LogP contribution in [0.5, 0.6) is 5.75 Å². The Balaban J connectivity index is 2.25. The van der Waals surface area contributed by atoms with Gasteiger partial charge < -0.3 is 10.1 Å². The molecule has 0 fully saturated rings. The van der Waals surface area contributed by atoms with Gasteiger partial charge in [-0.1, -0.05) is 19.9 Å². The predicted molar refractivity (Wildman–Crippen MR) is 76.2 cm³/mol. The van der Waals surface area contributed by atoms with E-state index < -0.39 is 6.61 Å². The number of halogens is 2. The highest BCUT2D eigenvalue weighted by Crippen LogP contribution is 2.34. The van der Waals surface area contributed by atoms with Crippen LogP contribution in [0.4, 0.5) is 8.78 Å². The third-order valence-corrected chi connectivity index (χ3v) is 3.90. The largest absolute Gasteiger partial charge is 0.435 e. The Morgan fingerprint density at radius 2 is 2.20 bits per heavy atom. The zero-order valence-electron chi connectivity index (χ0n) is 12.2. The zero-order chi connectivity index (χ0) is 14.5. The summed E-state index contributed by atoms with van der Waals surface area (Å²) in [4.78, 5) is 0. The van der Waals surface area contributed by atoms with Crippen molar-refractivity contribution in [1.82, 2.24) is 5.32 Å². The van der Waals surface area contributed by atoms with E-state index in [2.05, 4.69) is 23.9 Å². The van der Waals surface area contributed by atoms with Crippen molar-refractivity contribution in [2.24, 2.45) is 5.92 Å². The van der Waals surface area contributed by atoms with Gasteiger partial charge in [-0.2, -0.15) is 8.78 Å². The van der Waals surface area contributed by atoms with Crippen molar-refractivity contribution in [1.29, 1.82) is 0 Å². The van der Waals surface area contributed by atoms with E-state index in [9.17, 15) is 8.78 Å². The summed E-state index contributed by atoms with van der Waals surface area (Å²) in [6.45, 7) is 2.56. The molecule has 0 radical (unpaired) electrons. The van der Waals surface area contributed by atoms with Crippen molar-refractivity contribution in [2.75, 3.05) is 6.54 Å². The first-order chi connectivity index (χ1) is 9.60. The lowest BCUT2D eigenvalue weighted by Crippen LogP contribution is -2.23. The highest BCUT2D eigenvalue weighted by atomic mass is 19.3. The fourth-order valence-corrected chi connectivity index (χ4v) is 2.86. The van der Waals surface area contributed by atoms with E-state index >= 15 is 0 Å². The zero-order valence-corrected chi connectivity index (χ0v) is 12.2. The van der Waals surface area contributed by atoms with Gasteiger partial charge in [-0.05, 0) is 61.4 Å². The summed E-state index contributed by atoms with van der Waals surface area (Å²) in [7, 11) is 0. The minimum Gasteiger partial charge on any atom is -0.435 e. The lowest BCUT2D eigenvalue weighted by atomic mass is 9.96. The van der Waals surface area contributed by atoms with Gasteiger partial charge in [0.25, 0.3) is 0 Å². The van der Waals surface area contributed by atoms with E-state index in [0.717, 1.165) is 37.8 Å². The molecule has 2 atom stereocenters. The van der Waals surface area contributed by atoms with Crippen LogP contribution in [0, 0.1) is 5.92 Å². The smallest absolute Gasteiger partial charge is 0.387 e. The molecular weight excluding hydrogens is 260 g/mol. The Labute approximate surface area is 119 Å². The lowest BCUT2D eigenvalue weighted by molar-refractivity contribution is -0.0499. The quantitative estimate of drug-likeness (QED) is 0.813. The Morgan fingerprint density at radius 1 is 1.40 bits per heavy atom. The first-order valence-corrected chi connectivity index (χ1v) is 7.41. The number of ether oxygens (including phenoxy) is 1. The summed E-state index contributed by atoms with van der Waals surface area (Å²) in [6, 6.07) is 5.61. The van der Waals surface area contributed by atoms with Gasteiger partial charge in [-0.3, -0.25) is 0 Å². The van der Waals surface area contributed by atoms with Crippen molar-refractivity contribution in [3.05, 3.63) is 29.3 Å². The van der Waals surface area contributed by atoms with Gasteiger partial charge in [0, 0.05) is 6.04 Å². The molecule has 0 aromatic heterocycles. The van der Waals surface area contributed by atoms with Gasteiger partial charge in [0.1, 0.15) is 5.75 Å². The van der Waals surface area contributed by atoms with Crippen LogP contribution in [0.3, 0.4) is 0 Å². The number of benzene rings is 1. The standard InChI is InChI=1S/C16H23F2NO/c1-3-8-19-15-9-11(2)4-5-12-6-7-13(10-14(12)15)20-16(17)18/h6-7,10-11,15-16,19H,3-5,8-9H2,1-2H3. The maximum atomic E-state index is 12.4. The summed E-state index contributed by atoms with van der Waals surface area (Å²) in [5, 5.41) is 3.54. The highest BCUT2D eigenvalue weighted by Gasteiger charge is 2.22. The average molecular weight is 283 g/mol. The molecule has 2 unspecified atom stereocenters. The minimum atomic E-state index is -2.76. The van der Waals surface area contributed by atoms with E-state index in [1.54, 1.807) is 12.1 Å². The van der Waals surface area contributed by atoms with Crippen LogP contribution < -0.4 is 10.1 Å². The lowest BCUT2D eigenvalue weighted by Gasteiger charge is -2.21. The summed E-state index contributed by atoms with van der Waals surface area (Å²) in [6.07, 6.45) is 4.26. The van der Waals surface area contributed by atoms with E-state index in [-0.39, 0.29) is 11.8 Å². The van der Waals surface area contributed by atoms with Crippen LogP contribution in [0.1, 0.15) is 50.3 Å². The van der Waals surface area contributed by atoms with Gasteiger partial charge >= 0.3 is 6.61 Å². The van der Waals surface area contributed by atoms with Crippen molar-refractivity contribution in [3.63, 3.8) is 0 Å². The molecule has 1 aromatic rings. The number of aryl methyl sites for hydroxylation is 1. The molecule has 1 aliphatic carbocycles. The molecule has 1 aromatic carbocycles. The fourth-order valence-electron chi connectivity index (χ4n) is 2.86. The van der Waals surface area contributed by atoms with Crippen LogP contribution in [0.2, 0.25) is 0 Å². The maximum Gasteiger partial charge on any atom is 0.387 e. The van der Waals surface area contributed by atoms with Crippen LogP contribution in [0.25, 0.3) is 0 Å². The van der Waals surface area contributed by atoms with Gasteiger partial charge in [-0.15, -0.1) is 0 Å². The van der Waals surface area contributed by atoms with E-state index in [1.807, 2.05) is 6.07 Å². The van der Waals surface area contributed by atoms with Gasteiger partial charge in [0.2, 0.25) is 0 Å². The molecule has 0 saturated carbocycles. The number of hydrogen-bond donors (Lipinski definition) is 1. The molecule has 0 spiro atoms. The van der Waals surface area contributed by atoms with E-state index in [4.69, 9.17) is 0 Å². The molecular formula is C16H23F2NO. The SMILES string of the molecule is CCCNC1CC(C)CCc2ccc(OC(F)F)cc21. The van der Waals surface area contributed by atoms with Gasteiger partial charge in [-0.25, -0.2) is 0 Å². The van der Waals surface area contributed by atoms with Crippen molar-refractivity contribution in [2.45, 2.75) is 52.2 Å². The minimum absolute atomic E-state index is 0.240. The topological polar surface area (TPSA) is 21.3 Å². The highest BCUT2D eigenvalue weighted by molar-refractivity contribution is 5.38. The third-order valence-electron chi connectivity index (χ3n) is 3.90. The monoisotopic (exact) mass is 283 g/mol. The van der Waals surface area contributed by atoms with Crippen LogP contribution in [0.15, 0.2) is 18.2 Å². The van der Waals surface area contributed by atoms with Crippen LogP contribution >= 0.6 is 0 Å². The molecule has 0 bridgehead atoms. The Kier molecular flexibility index (Phi) is 5.35. The molecule has 2 rings (SSSR count). The number of fused-ring (bicyclic) bond motifs is 1. The second-order valence-corrected chi connectivity index (χ2v) is 5.63. The molecule has 0 aliphatic heterocycles. The molecule has 20 heavy (non-hydrogen) atoms. The van der Waals surface area contributed by atoms with Crippen molar-refractivity contribution >= 4 is 0 Å². The third kappa shape index (κ3) is 3.92. The second kappa shape index (κ2) is 7.02. The number of hydrogen-bond acceptors (Lipinski definition) is 2.